The Hall–Kier alpha value is -2.12. The lowest BCUT2D eigenvalue weighted by Crippen LogP contribution is -2.33. The van der Waals surface area contributed by atoms with Gasteiger partial charge in [0.1, 0.15) is 6.04 Å². The fourth-order valence-corrected chi connectivity index (χ4v) is 0.571. The van der Waals surface area contributed by atoms with Gasteiger partial charge in [0.15, 0.2) is 0 Å². The first kappa shape index (κ1) is 14.9. The Morgan fingerprint density at radius 1 is 1.29 bits per heavy atom. The predicted molar refractivity (Wildman–Crippen MR) is 62.1 cm³/mol. The molecule has 2 aromatic rings. The third kappa shape index (κ3) is 10.2. The van der Waals surface area contributed by atoms with E-state index in [0.717, 1.165) is 0 Å². The third-order valence-corrected chi connectivity index (χ3v) is 1.42. The van der Waals surface area contributed by atoms with Crippen molar-refractivity contribution in [2.75, 3.05) is 6.61 Å². The van der Waals surface area contributed by atoms with Crippen LogP contribution in [0.2, 0.25) is 0 Å². The highest BCUT2D eigenvalue weighted by Crippen LogP contribution is 1.72. The molecule has 2 rings (SSSR count). The second-order valence-electron chi connectivity index (χ2n) is 2.77. The lowest BCUT2D eigenvalue weighted by Gasteiger charge is -1.96. The average molecular weight is 240 g/mol. The Balaban J connectivity index is 0.000000229. The molecule has 0 spiro atoms. The number of hydrogen-bond acceptors (Lipinski definition) is 4. The van der Waals surface area contributed by atoms with Crippen molar-refractivity contribution in [3.05, 3.63) is 43.2 Å². The number of aliphatic hydroxyl groups excluding tert-OH is 1. The molecule has 17 heavy (non-hydrogen) atoms. The maximum Gasteiger partial charge on any atom is 0.322 e. The van der Waals surface area contributed by atoms with E-state index in [1.165, 1.54) is 0 Å². The van der Waals surface area contributed by atoms with E-state index in [1.54, 1.807) is 18.7 Å². The molecule has 0 aliphatic rings. The summed E-state index contributed by atoms with van der Waals surface area (Å²) in [5.74, 6) is -1.18. The number of rotatable bonds is 2. The zero-order chi connectivity index (χ0) is 12.9. The zero-order valence-corrected chi connectivity index (χ0v) is 9.15. The Morgan fingerprint density at radius 3 is 2.06 bits per heavy atom. The molecule has 6 N–H and O–H groups in total. The molecule has 0 bridgehead atoms. The number of aliphatic hydroxyl groups is 1. The number of carboxylic acid groups (broad SMARTS) is 1. The first-order valence-corrected chi connectivity index (χ1v) is 4.78. The smallest absolute Gasteiger partial charge is 0.322 e. The largest absolute Gasteiger partial charge is 0.480 e. The number of hydrogen-bond donors (Lipinski definition) is 5. The highest BCUT2D eigenvalue weighted by Gasteiger charge is 2.06. The molecule has 2 aromatic heterocycles. The highest BCUT2D eigenvalue weighted by molar-refractivity contribution is 5.73. The van der Waals surface area contributed by atoms with Gasteiger partial charge in [0.05, 0.1) is 12.9 Å². The fourth-order valence-electron chi connectivity index (χ4n) is 0.571. The normalized spacial score (nSPS) is 10.2. The van der Waals surface area contributed by atoms with E-state index in [1.807, 2.05) is 24.5 Å². The monoisotopic (exact) mass is 240 g/mol. The first-order valence-electron chi connectivity index (χ1n) is 4.78. The van der Waals surface area contributed by atoms with Crippen LogP contribution in [0.15, 0.2) is 43.2 Å². The van der Waals surface area contributed by atoms with Gasteiger partial charge in [-0.3, -0.25) is 4.79 Å². The zero-order valence-electron chi connectivity index (χ0n) is 9.15. The van der Waals surface area contributed by atoms with Crippen molar-refractivity contribution >= 4 is 5.97 Å². The molecule has 0 saturated heterocycles. The van der Waals surface area contributed by atoms with Crippen molar-refractivity contribution in [2.45, 2.75) is 6.04 Å². The van der Waals surface area contributed by atoms with Crippen molar-refractivity contribution in [2.24, 2.45) is 5.73 Å². The van der Waals surface area contributed by atoms with E-state index in [-0.39, 0.29) is 0 Å². The summed E-state index contributed by atoms with van der Waals surface area (Å²) in [6, 6.07) is 2.76. The number of nitrogens with zero attached hydrogens (tertiary/aromatic N) is 1. The minimum Gasteiger partial charge on any atom is -0.480 e. The summed E-state index contributed by atoms with van der Waals surface area (Å²) in [5, 5.41) is 15.9. The number of H-pyrrole nitrogens is 2. The summed E-state index contributed by atoms with van der Waals surface area (Å²) < 4.78 is 0. The van der Waals surface area contributed by atoms with E-state index in [2.05, 4.69) is 15.0 Å². The Labute approximate surface area is 98.3 Å². The number of carboxylic acids is 1. The minimum atomic E-state index is -1.18. The summed E-state index contributed by atoms with van der Waals surface area (Å²) in [7, 11) is 0. The maximum absolute atomic E-state index is 9.65. The van der Waals surface area contributed by atoms with Crippen molar-refractivity contribution < 1.29 is 15.0 Å². The maximum atomic E-state index is 9.65. The number of aromatic nitrogens is 3. The number of aliphatic carboxylic acids is 1. The van der Waals surface area contributed by atoms with Crippen LogP contribution >= 0.6 is 0 Å². The van der Waals surface area contributed by atoms with Crippen molar-refractivity contribution in [3.8, 4) is 0 Å². The lowest BCUT2D eigenvalue weighted by atomic mass is 10.3. The molecule has 94 valence electrons. The fraction of sp³-hybridized carbons (Fsp3) is 0.200. The summed E-state index contributed by atoms with van der Waals surface area (Å²) in [4.78, 5) is 18.9. The van der Waals surface area contributed by atoms with Crippen molar-refractivity contribution in [1.82, 2.24) is 15.0 Å². The van der Waals surface area contributed by atoms with Gasteiger partial charge in [-0.2, -0.15) is 0 Å². The second kappa shape index (κ2) is 10.4. The molecular weight excluding hydrogens is 224 g/mol. The number of nitrogens with two attached hydrogens (primary N) is 1. The van der Waals surface area contributed by atoms with E-state index < -0.39 is 18.6 Å². The van der Waals surface area contributed by atoms with Gasteiger partial charge >= 0.3 is 5.97 Å². The molecule has 2 heterocycles. The van der Waals surface area contributed by atoms with Crippen LogP contribution in [-0.2, 0) is 4.79 Å². The van der Waals surface area contributed by atoms with E-state index in [4.69, 9.17) is 15.9 Å². The van der Waals surface area contributed by atoms with Crippen LogP contribution in [0, 0.1) is 0 Å². The Kier molecular flexibility index (Phi) is 9.10. The molecular formula is C10H16N4O3. The standard InChI is InChI=1S/C4H5N.C3H4N2.C3H7NO3/c1-2-4-5-3-1;1-2-5-3-4-1;4-2(1-5)3(6)7/h1-5H;1-3H,(H,4,5);2,5H,1,4H2,(H,6,7)/t;;2-/m..0/s1. The van der Waals surface area contributed by atoms with Crippen LogP contribution < -0.4 is 5.73 Å². The average Bonchev–Trinajstić information content (AvgIpc) is 3.04. The quantitative estimate of drug-likeness (QED) is 0.497. The molecule has 7 heteroatoms. The van der Waals surface area contributed by atoms with Crippen molar-refractivity contribution in [3.63, 3.8) is 0 Å². The molecule has 0 unspecified atom stereocenters. The summed E-state index contributed by atoms with van der Waals surface area (Å²) in [6.07, 6.45) is 8.83. The predicted octanol–water partition coefficient (Wildman–Crippen LogP) is -0.185. The number of carbonyl (C=O) groups is 1. The van der Waals surface area contributed by atoms with E-state index in [9.17, 15) is 4.79 Å². The van der Waals surface area contributed by atoms with Gasteiger partial charge in [-0.1, -0.05) is 0 Å². The number of imidazole rings is 1. The second-order valence-corrected chi connectivity index (χ2v) is 2.77. The Morgan fingerprint density at radius 2 is 1.94 bits per heavy atom. The molecule has 0 fully saturated rings. The lowest BCUT2D eigenvalue weighted by molar-refractivity contribution is -0.139. The van der Waals surface area contributed by atoms with Gasteiger partial charge < -0.3 is 25.9 Å². The van der Waals surface area contributed by atoms with Gasteiger partial charge in [0.2, 0.25) is 0 Å². The molecule has 0 radical (unpaired) electrons. The van der Waals surface area contributed by atoms with E-state index >= 15 is 0 Å². The summed E-state index contributed by atoms with van der Waals surface area (Å²) in [6.45, 7) is -0.505. The molecule has 0 aliphatic heterocycles. The van der Waals surface area contributed by atoms with E-state index in [0.29, 0.717) is 0 Å². The summed E-state index contributed by atoms with van der Waals surface area (Å²) in [5.41, 5.74) is 4.77. The molecule has 0 saturated carbocycles. The van der Waals surface area contributed by atoms with Crippen LogP contribution in [0.25, 0.3) is 0 Å². The topological polar surface area (TPSA) is 128 Å². The number of aromatic amines is 2. The molecule has 1 atom stereocenters. The van der Waals surface area contributed by atoms with Gasteiger partial charge in [-0.05, 0) is 12.1 Å². The number of nitrogens with one attached hydrogen (secondary N) is 2. The molecule has 0 amide bonds. The highest BCUT2D eigenvalue weighted by atomic mass is 16.4. The SMILES string of the molecule is N[C@@H](CO)C(=O)O.c1c[nH]cn1.c1cc[nH]c1. The van der Waals surface area contributed by atoms with Gasteiger partial charge in [0.25, 0.3) is 0 Å². The van der Waals surface area contributed by atoms with Crippen molar-refractivity contribution in [1.29, 1.82) is 0 Å². The molecule has 0 aliphatic carbocycles. The van der Waals surface area contributed by atoms with Crippen LogP contribution in [0.3, 0.4) is 0 Å². The molecule has 7 nitrogen and oxygen atoms in total. The van der Waals surface area contributed by atoms with Gasteiger partial charge in [-0.15, -0.1) is 0 Å². The molecule has 0 aromatic carbocycles. The van der Waals surface area contributed by atoms with Gasteiger partial charge in [0, 0.05) is 24.8 Å². The van der Waals surface area contributed by atoms with Crippen LogP contribution in [-0.4, -0.2) is 43.8 Å². The third-order valence-electron chi connectivity index (χ3n) is 1.42. The Bertz CT molecular complexity index is 287. The minimum absolute atomic E-state index is 0.505. The summed E-state index contributed by atoms with van der Waals surface area (Å²) >= 11 is 0. The van der Waals surface area contributed by atoms with Crippen LogP contribution in [0.4, 0.5) is 0 Å². The van der Waals surface area contributed by atoms with Crippen LogP contribution in [0.5, 0.6) is 0 Å². The first-order chi connectivity index (χ1) is 8.18. The van der Waals surface area contributed by atoms with Crippen LogP contribution in [0.1, 0.15) is 0 Å². The van der Waals surface area contributed by atoms with Gasteiger partial charge in [-0.25, -0.2) is 4.98 Å².